The van der Waals surface area contributed by atoms with Crippen LogP contribution >= 0.6 is 0 Å². The average Bonchev–Trinajstić information content (AvgIpc) is 2.05. The maximum absolute atomic E-state index is 2.51. The molecule has 0 N–H and O–H groups in total. The molecule has 0 aliphatic carbocycles. The van der Waals surface area contributed by atoms with Crippen LogP contribution in [0.2, 0.25) is 18.6 Å². The van der Waals surface area contributed by atoms with Gasteiger partial charge in [0.2, 0.25) is 0 Å². The van der Waals surface area contributed by atoms with E-state index in [4.69, 9.17) is 0 Å². The van der Waals surface area contributed by atoms with Crippen molar-refractivity contribution >= 4 is 8.07 Å². The molecule has 0 aromatic carbocycles. The van der Waals surface area contributed by atoms with Gasteiger partial charge in [-0.3, -0.25) is 0 Å². The Morgan fingerprint density at radius 2 is 1.85 bits per heavy atom. The third-order valence-corrected chi connectivity index (χ3v) is 8.09. The molecular formula is C11H25NSi. The second-order valence-corrected chi connectivity index (χ2v) is 9.07. The molecule has 0 amide bonds. The molecule has 0 bridgehead atoms. The molecule has 0 aliphatic rings. The Morgan fingerprint density at radius 1 is 1.31 bits per heavy atom. The van der Waals surface area contributed by atoms with Gasteiger partial charge in [-0.05, 0) is 12.2 Å². The quantitative estimate of drug-likeness (QED) is 0.613. The predicted octanol–water partition coefficient (Wildman–Crippen LogP) is 3.50. The zero-order valence-corrected chi connectivity index (χ0v) is 11.1. The lowest BCUT2D eigenvalue weighted by Crippen LogP contribution is -2.38. The summed E-state index contributed by atoms with van der Waals surface area (Å²) in [6, 6.07) is 2.78. The lowest BCUT2D eigenvalue weighted by Gasteiger charge is -2.33. The van der Waals surface area contributed by atoms with Crippen molar-refractivity contribution in [1.29, 1.82) is 0 Å². The van der Waals surface area contributed by atoms with Crippen LogP contribution in [-0.2, 0) is 0 Å². The van der Waals surface area contributed by atoms with Gasteiger partial charge >= 0.3 is 0 Å². The predicted molar refractivity (Wildman–Crippen MR) is 64.6 cm³/mol. The van der Waals surface area contributed by atoms with Crippen molar-refractivity contribution in [2.75, 3.05) is 14.1 Å². The molecule has 0 saturated heterocycles. The third kappa shape index (κ3) is 3.18. The maximum Gasteiger partial charge on any atom is 0.103 e. The first kappa shape index (κ1) is 12.8. The van der Waals surface area contributed by atoms with Crippen LogP contribution in [0.15, 0.2) is 11.4 Å². The normalized spacial score (nSPS) is 16.9. The second-order valence-electron chi connectivity index (χ2n) is 4.23. The van der Waals surface area contributed by atoms with E-state index in [2.05, 4.69) is 52.4 Å². The van der Waals surface area contributed by atoms with Gasteiger partial charge in [-0.15, -0.1) is 0 Å². The van der Waals surface area contributed by atoms with Gasteiger partial charge in [0.1, 0.15) is 8.07 Å². The summed E-state index contributed by atoms with van der Waals surface area (Å²) in [5, 5.41) is 1.61. The molecule has 1 atom stereocenters. The van der Waals surface area contributed by atoms with Crippen molar-refractivity contribution in [2.45, 2.75) is 45.8 Å². The van der Waals surface area contributed by atoms with Crippen molar-refractivity contribution in [1.82, 2.24) is 4.90 Å². The Kier molecular flexibility index (Phi) is 5.38. The minimum Gasteiger partial charge on any atom is -0.385 e. The van der Waals surface area contributed by atoms with Crippen molar-refractivity contribution < 1.29 is 0 Å². The monoisotopic (exact) mass is 199 g/mol. The number of allylic oxidation sites excluding steroid dienone is 1. The highest BCUT2D eigenvalue weighted by Gasteiger charge is 2.29. The highest BCUT2D eigenvalue weighted by Crippen LogP contribution is 2.26. The van der Waals surface area contributed by atoms with Gasteiger partial charge in [0, 0.05) is 14.1 Å². The first-order valence-electron chi connectivity index (χ1n) is 5.36. The summed E-state index contributed by atoms with van der Waals surface area (Å²) < 4.78 is 0. The lowest BCUT2D eigenvalue weighted by molar-refractivity contribution is 0.536. The molecule has 0 saturated carbocycles. The van der Waals surface area contributed by atoms with Crippen molar-refractivity contribution in [3.05, 3.63) is 11.4 Å². The van der Waals surface area contributed by atoms with Gasteiger partial charge in [0.15, 0.2) is 0 Å². The van der Waals surface area contributed by atoms with Crippen LogP contribution in [0, 0.1) is 0 Å². The molecule has 0 fully saturated rings. The smallest absolute Gasteiger partial charge is 0.103 e. The Morgan fingerprint density at radius 3 is 2.08 bits per heavy atom. The van der Waals surface area contributed by atoms with E-state index in [1.807, 2.05) is 0 Å². The number of hydrogen-bond donors (Lipinski definition) is 0. The molecule has 0 aliphatic heterocycles. The Hall–Kier alpha value is -0.243. The van der Waals surface area contributed by atoms with Gasteiger partial charge in [-0.1, -0.05) is 45.0 Å². The highest BCUT2D eigenvalue weighted by atomic mass is 28.3. The molecule has 0 spiro atoms. The molecule has 0 aromatic rings. The first-order chi connectivity index (χ1) is 6.01. The minimum absolute atomic E-state index is 1.13. The molecule has 13 heavy (non-hydrogen) atoms. The number of nitrogens with zero attached hydrogens (tertiary/aromatic N) is 1. The van der Waals surface area contributed by atoms with E-state index in [9.17, 15) is 0 Å². The van der Waals surface area contributed by atoms with Crippen LogP contribution in [0.1, 0.15) is 27.2 Å². The summed E-state index contributed by atoms with van der Waals surface area (Å²) in [5.41, 5.74) is 0. The minimum atomic E-state index is -1.13. The van der Waals surface area contributed by atoms with E-state index in [0.29, 0.717) is 0 Å². The summed E-state index contributed by atoms with van der Waals surface area (Å²) in [6.45, 7) is 9.32. The van der Waals surface area contributed by atoms with Crippen LogP contribution in [0.3, 0.4) is 0 Å². The third-order valence-electron chi connectivity index (χ3n) is 2.96. The molecule has 1 unspecified atom stereocenters. The molecule has 0 heterocycles. The number of hydrogen-bond acceptors (Lipinski definition) is 1. The lowest BCUT2D eigenvalue weighted by atomic mass is 10.6. The van der Waals surface area contributed by atoms with Crippen LogP contribution in [0.25, 0.3) is 0 Å². The first-order valence-corrected chi connectivity index (χ1v) is 8.27. The van der Waals surface area contributed by atoms with E-state index >= 15 is 0 Å². The van der Waals surface area contributed by atoms with Gasteiger partial charge < -0.3 is 4.90 Å². The summed E-state index contributed by atoms with van der Waals surface area (Å²) in [5.74, 6) is 0. The second kappa shape index (κ2) is 5.48. The van der Waals surface area contributed by atoms with Gasteiger partial charge in [0.05, 0.1) is 0 Å². The molecular weight excluding hydrogens is 174 g/mol. The molecule has 0 aromatic heterocycles. The van der Waals surface area contributed by atoms with Crippen LogP contribution in [0.5, 0.6) is 0 Å². The Balaban J connectivity index is 4.71. The topological polar surface area (TPSA) is 3.24 Å². The molecule has 0 radical (unpaired) electrons. The summed E-state index contributed by atoms with van der Waals surface area (Å²) >= 11 is 0. The molecule has 1 nitrogen and oxygen atoms in total. The molecule has 78 valence electrons. The van der Waals surface area contributed by atoms with Crippen LogP contribution in [0.4, 0.5) is 0 Å². The average molecular weight is 199 g/mol. The fourth-order valence-corrected chi connectivity index (χ4v) is 6.04. The van der Waals surface area contributed by atoms with Crippen LogP contribution < -0.4 is 0 Å². The number of rotatable bonds is 5. The SMILES string of the molecule is CC=C(N(C)C)[Si](C)(CC)CCC. The van der Waals surface area contributed by atoms with Crippen molar-refractivity contribution in [2.24, 2.45) is 0 Å². The Labute approximate surface area is 84.8 Å². The standard InChI is InChI=1S/C11H25NSi/c1-7-10-13(6,9-3)11(8-2)12(4)5/h8H,7,9-10H2,1-6H3. The highest BCUT2D eigenvalue weighted by molar-refractivity contribution is 6.85. The van der Waals surface area contributed by atoms with Gasteiger partial charge in [-0.2, -0.15) is 0 Å². The summed E-state index contributed by atoms with van der Waals surface area (Å²) in [6.07, 6.45) is 3.63. The van der Waals surface area contributed by atoms with Gasteiger partial charge in [-0.25, -0.2) is 0 Å². The molecule has 0 rings (SSSR count). The zero-order valence-electron chi connectivity index (χ0n) is 10.1. The molecule has 2 heteroatoms. The van der Waals surface area contributed by atoms with E-state index in [1.54, 1.807) is 5.32 Å². The van der Waals surface area contributed by atoms with Crippen molar-refractivity contribution in [3.63, 3.8) is 0 Å². The fraction of sp³-hybridized carbons (Fsp3) is 0.818. The van der Waals surface area contributed by atoms with Gasteiger partial charge in [0.25, 0.3) is 0 Å². The Bertz CT molecular complexity index is 175. The van der Waals surface area contributed by atoms with E-state index in [1.165, 1.54) is 18.5 Å². The van der Waals surface area contributed by atoms with E-state index in [-0.39, 0.29) is 0 Å². The van der Waals surface area contributed by atoms with E-state index in [0.717, 1.165) is 0 Å². The summed E-state index contributed by atoms with van der Waals surface area (Å²) in [7, 11) is 3.22. The van der Waals surface area contributed by atoms with Crippen LogP contribution in [-0.4, -0.2) is 27.1 Å². The largest absolute Gasteiger partial charge is 0.385 e. The summed E-state index contributed by atoms with van der Waals surface area (Å²) in [4.78, 5) is 2.31. The van der Waals surface area contributed by atoms with E-state index < -0.39 is 8.07 Å². The maximum atomic E-state index is 2.51. The van der Waals surface area contributed by atoms with Crippen molar-refractivity contribution in [3.8, 4) is 0 Å². The zero-order chi connectivity index (χ0) is 10.5. The fourth-order valence-electron chi connectivity index (χ4n) is 2.18.